The van der Waals surface area contributed by atoms with Crippen molar-refractivity contribution in [2.24, 2.45) is 0 Å². The highest BCUT2D eigenvalue weighted by molar-refractivity contribution is 5.83. The summed E-state index contributed by atoms with van der Waals surface area (Å²) in [6.07, 6.45) is -0.442. The van der Waals surface area contributed by atoms with Gasteiger partial charge in [-0.3, -0.25) is 9.59 Å². The molecule has 2 aliphatic heterocycles. The van der Waals surface area contributed by atoms with Gasteiger partial charge in [0, 0.05) is 57.9 Å². The van der Waals surface area contributed by atoms with Crippen molar-refractivity contribution in [2.45, 2.75) is 72.2 Å². The predicted octanol–water partition coefficient (Wildman–Crippen LogP) is 4.10. The number of aliphatic hydroxyl groups excluding tert-OH is 1. The van der Waals surface area contributed by atoms with Crippen molar-refractivity contribution in [3.8, 4) is 16.9 Å². The summed E-state index contributed by atoms with van der Waals surface area (Å²) in [5, 5.41) is 10.2. The first kappa shape index (κ1) is 36.5. The number of carbonyl (C=O) groups excluding carboxylic acids is 4. The summed E-state index contributed by atoms with van der Waals surface area (Å²) < 4.78 is 16.6. The van der Waals surface area contributed by atoms with Crippen molar-refractivity contribution in [1.29, 1.82) is 0 Å². The number of rotatable bonds is 7. The van der Waals surface area contributed by atoms with Crippen LogP contribution in [0.1, 0.15) is 58.2 Å². The largest absolute Gasteiger partial charge is 0.496 e. The number of hydrogen-bond donors (Lipinski definition) is 1. The van der Waals surface area contributed by atoms with Gasteiger partial charge in [0.1, 0.15) is 17.0 Å². The summed E-state index contributed by atoms with van der Waals surface area (Å²) in [6.45, 7) is 14.0. The number of amides is 4. The van der Waals surface area contributed by atoms with Gasteiger partial charge in [0.2, 0.25) is 11.8 Å². The van der Waals surface area contributed by atoms with Crippen molar-refractivity contribution < 1.29 is 38.5 Å². The number of ether oxygens (including phenoxy) is 3. The fourth-order valence-corrected chi connectivity index (χ4v) is 5.70. The molecule has 4 rings (SSSR count). The molecule has 0 atom stereocenters. The smallest absolute Gasteiger partial charge is 0.410 e. The zero-order chi connectivity index (χ0) is 35.2. The molecule has 2 saturated heterocycles. The molecule has 0 aliphatic carbocycles. The molecule has 12 nitrogen and oxygen atoms in total. The van der Waals surface area contributed by atoms with E-state index < -0.39 is 11.2 Å². The summed E-state index contributed by atoms with van der Waals surface area (Å²) in [6, 6.07) is 11.1. The monoisotopic (exact) mass is 666 g/mol. The fraction of sp³-hybridized carbons (Fsp3) is 0.556. The van der Waals surface area contributed by atoms with Gasteiger partial charge < -0.3 is 38.9 Å². The zero-order valence-electron chi connectivity index (χ0n) is 29.3. The van der Waals surface area contributed by atoms with Gasteiger partial charge in [0.25, 0.3) is 0 Å². The molecule has 0 saturated carbocycles. The lowest BCUT2D eigenvalue weighted by atomic mass is 9.93. The van der Waals surface area contributed by atoms with E-state index in [2.05, 4.69) is 0 Å². The second-order valence-corrected chi connectivity index (χ2v) is 14.2. The van der Waals surface area contributed by atoms with E-state index in [0.717, 1.165) is 16.7 Å². The Bertz CT molecular complexity index is 1370. The lowest BCUT2D eigenvalue weighted by Crippen LogP contribution is -2.52. The molecular weight excluding hydrogens is 616 g/mol. The van der Waals surface area contributed by atoms with Gasteiger partial charge in [0.05, 0.1) is 26.6 Å². The standard InChI is InChI=1S/C36H50N4O8/c1-35(2,3)47-33(44)39-16-12-37(13-17-39)31(42)22-25-8-10-27(24-41)28(20-25)29-21-26(9-11-30(29)46-7)23-32(43)38-14-18-40(19-15-38)34(45)48-36(4,5)6/h8-11,20-21,41H,12-19,22-24H2,1-7H3. The fourth-order valence-electron chi connectivity index (χ4n) is 5.70. The normalized spacial score (nSPS) is 15.7. The molecule has 0 unspecified atom stereocenters. The first-order chi connectivity index (χ1) is 22.6. The molecule has 2 aliphatic rings. The topological polar surface area (TPSA) is 129 Å². The van der Waals surface area contributed by atoms with Crippen LogP contribution in [0.4, 0.5) is 9.59 Å². The van der Waals surface area contributed by atoms with Crippen molar-refractivity contribution >= 4 is 24.0 Å². The number of carbonyl (C=O) groups is 4. The lowest BCUT2D eigenvalue weighted by molar-refractivity contribution is -0.132. The lowest BCUT2D eigenvalue weighted by Gasteiger charge is -2.35. The van der Waals surface area contributed by atoms with Gasteiger partial charge in [-0.1, -0.05) is 24.3 Å². The van der Waals surface area contributed by atoms with Crippen LogP contribution in [0.3, 0.4) is 0 Å². The molecule has 262 valence electrons. The molecule has 0 spiro atoms. The first-order valence-corrected chi connectivity index (χ1v) is 16.5. The minimum atomic E-state index is -0.583. The van der Waals surface area contributed by atoms with Crippen LogP contribution in [-0.4, -0.2) is 119 Å². The zero-order valence-corrected chi connectivity index (χ0v) is 29.3. The highest BCUT2D eigenvalue weighted by Gasteiger charge is 2.29. The quantitative estimate of drug-likeness (QED) is 0.468. The van der Waals surface area contributed by atoms with E-state index in [9.17, 15) is 24.3 Å². The highest BCUT2D eigenvalue weighted by Crippen LogP contribution is 2.35. The minimum Gasteiger partial charge on any atom is -0.496 e. The van der Waals surface area contributed by atoms with Gasteiger partial charge >= 0.3 is 12.2 Å². The molecule has 2 heterocycles. The average molecular weight is 667 g/mol. The van der Waals surface area contributed by atoms with Crippen molar-refractivity contribution in [1.82, 2.24) is 19.6 Å². The third kappa shape index (κ3) is 9.85. The van der Waals surface area contributed by atoms with Crippen LogP contribution in [-0.2, 0) is 38.5 Å². The van der Waals surface area contributed by atoms with Crippen LogP contribution in [0.15, 0.2) is 36.4 Å². The minimum absolute atomic E-state index is 0.0524. The van der Waals surface area contributed by atoms with Gasteiger partial charge in [-0.15, -0.1) is 0 Å². The molecule has 4 amide bonds. The Labute approximate surface area is 283 Å². The molecule has 2 aromatic rings. The van der Waals surface area contributed by atoms with E-state index in [1.165, 1.54) is 0 Å². The van der Waals surface area contributed by atoms with Crippen LogP contribution in [0, 0.1) is 0 Å². The second kappa shape index (κ2) is 15.3. The maximum absolute atomic E-state index is 13.3. The van der Waals surface area contributed by atoms with Crippen LogP contribution in [0.2, 0.25) is 0 Å². The Morgan fingerprint density at radius 3 is 1.42 bits per heavy atom. The number of hydrogen-bond acceptors (Lipinski definition) is 8. The maximum Gasteiger partial charge on any atom is 0.410 e. The molecule has 2 fully saturated rings. The molecule has 0 aromatic heterocycles. The molecule has 0 radical (unpaired) electrons. The van der Waals surface area contributed by atoms with Crippen LogP contribution < -0.4 is 4.74 Å². The van der Waals surface area contributed by atoms with E-state index in [1.807, 2.05) is 71.9 Å². The van der Waals surface area contributed by atoms with E-state index in [0.29, 0.717) is 69.2 Å². The molecule has 0 bridgehead atoms. The molecular formula is C36H50N4O8. The Morgan fingerprint density at radius 1 is 0.625 bits per heavy atom. The van der Waals surface area contributed by atoms with E-state index >= 15 is 0 Å². The highest BCUT2D eigenvalue weighted by atomic mass is 16.6. The summed E-state index contributed by atoms with van der Waals surface area (Å²) >= 11 is 0. The van der Waals surface area contributed by atoms with Crippen LogP contribution in [0.5, 0.6) is 5.75 Å². The summed E-state index contributed by atoms with van der Waals surface area (Å²) in [5.74, 6) is 0.469. The van der Waals surface area contributed by atoms with Crippen LogP contribution >= 0.6 is 0 Å². The van der Waals surface area contributed by atoms with Crippen molar-refractivity contribution in [3.05, 3.63) is 53.1 Å². The number of nitrogens with zero attached hydrogens (tertiary/aromatic N) is 4. The van der Waals surface area contributed by atoms with E-state index in [1.54, 1.807) is 32.8 Å². The summed E-state index contributed by atoms with van der Waals surface area (Å²) in [5.41, 5.74) is 2.47. The Kier molecular flexibility index (Phi) is 11.6. The number of aliphatic hydroxyl groups is 1. The van der Waals surface area contributed by atoms with Crippen molar-refractivity contribution in [2.75, 3.05) is 59.5 Å². The van der Waals surface area contributed by atoms with Crippen molar-refractivity contribution in [3.63, 3.8) is 0 Å². The van der Waals surface area contributed by atoms with Gasteiger partial charge in [0.15, 0.2) is 0 Å². The molecule has 2 aromatic carbocycles. The summed E-state index contributed by atoms with van der Waals surface area (Å²) in [4.78, 5) is 58.2. The Balaban J connectivity index is 1.43. The third-order valence-corrected chi connectivity index (χ3v) is 8.18. The molecule has 48 heavy (non-hydrogen) atoms. The SMILES string of the molecule is COc1ccc(CC(=O)N2CCN(C(=O)OC(C)(C)C)CC2)cc1-c1cc(CC(=O)N2CCN(C(=O)OC(C)(C)C)CC2)ccc1CO. The number of piperazine rings is 2. The Morgan fingerprint density at radius 2 is 1.02 bits per heavy atom. The molecule has 12 heteroatoms. The second-order valence-electron chi connectivity index (χ2n) is 14.2. The van der Waals surface area contributed by atoms with Gasteiger partial charge in [-0.05, 0) is 75.9 Å². The maximum atomic E-state index is 13.3. The average Bonchev–Trinajstić information content (AvgIpc) is 3.03. The number of benzene rings is 2. The Hall–Kier alpha value is -4.32. The van der Waals surface area contributed by atoms with E-state index in [4.69, 9.17) is 14.2 Å². The van der Waals surface area contributed by atoms with Gasteiger partial charge in [-0.2, -0.15) is 0 Å². The number of methoxy groups -OCH3 is 1. The van der Waals surface area contributed by atoms with E-state index in [-0.39, 0.29) is 43.4 Å². The van der Waals surface area contributed by atoms with Gasteiger partial charge in [-0.25, -0.2) is 9.59 Å². The first-order valence-electron chi connectivity index (χ1n) is 16.5. The predicted molar refractivity (Wildman–Crippen MR) is 181 cm³/mol. The summed E-state index contributed by atoms with van der Waals surface area (Å²) in [7, 11) is 1.57. The molecule has 1 N–H and O–H groups in total. The van der Waals surface area contributed by atoms with Crippen LogP contribution in [0.25, 0.3) is 11.1 Å². The third-order valence-electron chi connectivity index (χ3n) is 8.18.